The zero-order valence-electron chi connectivity index (χ0n) is 15.4. The molecule has 0 atom stereocenters. The first-order valence-electron chi connectivity index (χ1n) is 8.19. The van der Waals surface area contributed by atoms with Gasteiger partial charge in [-0.15, -0.1) is 5.10 Å². The van der Waals surface area contributed by atoms with E-state index in [1.807, 2.05) is 0 Å². The maximum Gasteiger partial charge on any atom is 0.296 e. The average molecular weight is 416 g/mol. The Balaban J connectivity index is 1.68. The Morgan fingerprint density at radius 3 is 2.52 bits per heavy atom. The van der Waals surface area contributed by atoms with E-state index in [0.29, 0.717) is 22.3 Å². The fraction of sp³-hybridized carbons (Fsp3) is 0.176. The second-order valence-electron chi connectivity index (χ2n) is 5.55. The van der Waals surface area contributed by atoms with Crippen LogP contribution < -0.4 is 14.8 Å². The largest absolute Gasteiger partial charge is 0.497 e. The van der Waals surface area contributed by atoms with Gasteiger partial charge in [0.1, 0.15) is 17.2 Å². The molecule has 0 unspecified atom stereocenters. The number of thioether (sulfide) groups is 1. The van der Waals surface area contributed by atoms with Crippen LogP contribution in [-0.4, -0.2) is 51.0 Å². The zero-order valence-corrected chi connectivity index (χ0v) is 16.3. The highest BCUT2D eigenvalue weighted by Gasteiger charge is 2.18. The predicted octanol–water partition coefficient (Wildman–Crippen LogP) is 2.32. The Morgan fingerprint density at radius 1 is 1.17 bits per heavy atom. The number of hydrogen-bond donors (Lipinski definition) is 1. The minimum absolute atomic E-state index is 0.0420. The number of hydrogen-bond acceptors (Lipinski definition) is 9. The zero-order chi connectivity index (χ0) is 20.8. The molecule has 0 spiro atoms. The summed E-state index contributed by atoms with van der Waals surface area (Å²) in [6, 6.07) is 11.3. The summed E-state index contributed by atoms with van der Waals surface area (Å²) in [4.78, 5) is 22.9. The molecule has 0 aliphatic heterocycles. The van der Waals surface area contributed by atoms with Gasteiger partial charge in [-0.05, 0) is 46.8 Å². The molecule has 12 heteroatoms. The molecule has 0 saturated carbocycles. The third-order valence-electron chi connectivity index (χ3n) is 3.77. The normalized spacial score (nSPS) is 10.4. The average Bonchev–Trinajstić information content (AvgIpc) is 3.21. The van der Waals surface area contributed by atoms with Crippen LogP contribution in [0.15, 0.2) is 47.6 Å². The molecule has 0 saturated heterocycles. The van der Waals surface area contributed by atoms with E-state index in [0.717, 1.165) is 11.8 Å². The van der Waals surface area contributed by atoms with Gasteiger partial charge < -0.3 is 14.8 Å². The molecular formula is C17H16N6O5S. The SMILES string of the molecule is COc1ccc(-n2nnnc2SCC(=O)Nc2ccc(OC)cc2[N+](=O)[O-])cc1. The van der Waals surface area contributed by atoms with Gasteiger partial charge in [0.25, 0.3) is 5.69 Å². The number of methoxy groups -OCH3 is 2. The van der Waals surface area contributed by atoms with Crippen LogP contribution in [0.25, 0.3) is 5.69 Å². The lowest BCUT2D eigenvalue weighted by molar-refractivity contribution is -0.384. The number of benzene rings is 2. The van der Waals surface area contributed by atoms with Crippen molar-refractivity contribution in [3.63, 3.8) is 0 Å². The van der Waals surface area contributed by atoms with Crippen molar-refractivity contribution in [3.05, 3.63) is 52.6 Å². The number of amides is 1. The van der Waals surface area contributed by atoms with E-state index < -0.39 is 10.8 Å². The van der Waals surface area contributed by atoms with Crippen LogP contribution in [0.3, 0.4) is 0 Å². The molecule has 1 aromatic heterocycles. The Morgan fingerprint density at radius 2 is 1.86 bits per heavy atom. The number of carbonyl (C=O) groups is 1. The Kier molecular flexibility index (Phi) is 6.24. The maximum absolute atomic E-state index is 12.3. The number of aromatic nitrogens is 4. The van der Waals surface area contributed by atoms with Crippen LogP contribution in [-0.2, 0) is 4.79 Å². The van der Waals surface area contributed by atoms with Crippen LogP contribution in [0.1, 0.15) is 0 Å². The molecular weight excluding hydrogens is 400 g/mol. The van der Waals surface area contributed by atoms with Gasteiger partial charge in [-0.1, -0.05) is 11.8 Å². The van der Waals surface area contributed by atoms with Crippen molar-refractivity contribution in [2.24, 2.45) is 0 Å². The summed E-state index contributed by atoms with van der Waals surface area (Å²) < 4.78 is 11.6. The van der Waals surface area contributed by atoms with E-state index in [-0.39, 0.29) is 17.1 Å². The smallest absolute Gasteiger partial charge is 0.296 e. The molecule has 0 aliphatic rings. The number of ether oxygens (including phenoxy) is 2. The van der Waals surface area contributed by atoms with Gasteiger partial charge in [0.05, 0.1) is 36.6 Å². The van der Waals surface area contributed by atoms with Gasteiger partial charge in [0.15, 0.2) is 0 Å². The van der Waals surface area contributed by atoms with Crippen molar-refractivity contribution in [3.8, 4) is 17.2 Å². The van der Waals surface area contributed by atoms with E-state index >= 15 is 0 Å². The summed E-state index contributed by atoms with van der Waals surface area (Å²) in [5.41, 5.74) is 0.520. The number of nitrogens with zero attached hydrogens (tertiary/aromatic N) is 5. The van der Waals surface area contributed by atoms with E-state index in [2.05, 4.69) is 20.8 Å². The monoisotopic (exact) mass is 416 g/mol. The summed E-state index contributed by atoms with van der Waals surface area (Å²) in [7, 11) is 2.97. The second-order valence-corrected chi connectivity index (χ2v) is 6.49. The highest BCUT2D eigenvalue weighted by molar-refractivity contribution is 7.99. The van der Waals surface area contributed by atoms with Crippen molar-refractivity contribution in [1.82, 2.24) is 20.2 Å². The molecule has 2 aromatic carbocycles. The molecule has 0 aliphatic carbocycles. The number of nitro groups is 1. The Bertz CT molecular complexity index is 1020. The maximum atomic E-state index is 12.3. The Labute approximate surface area is 169 Å². The van der Waals surface area contributed by atoms with Crippen molar-refractivity contribution in [2.75, 3.05) is 25.3 Å². The fourth-order valence-corrected chi connectivity index (χ4v) is 3.06. The molecule has 3 aromatic rings. The molecule has 29 heavy (non-hydrogen) atoms. The number of nitrogens with one attached hydrogen (secondary N) is 1. The number of nitro benzene ring substituents is 1. The summed E-state index contributed by atoms with van der Waals surface area (Å²) >= 11 is 1.10. The first-order chi connectivity index (χ1) is 14.0. The number of tetrazole rings is 1. The summed E-state index contributed by atoms with van der Waals surface area (Å²) in [5, 5.41) is 25.6. The van der Waals surface area contributed by atoms with Gasteiger partial charge in [-0.25, -0.2) is 0 Å². The highest BCUT2D eigenvalue weighted by atomic mass is 32.2. The van der Waals surface area contributed by atoms with E-state index in [4.69, 9.17) is 9.47 Å². The number of carbonyl (C=O) groups excluding carboxylic acids is 1. The van der Waals surface area contributed by atoms with Crippen molar-refractivity contribution >= 4 is 29.0 Å². The predicted molar refractivity (Wildman–Crippen MR) is 105 cm³/mol. The third kappa shape index (κ3) is 4.79. The number of anilines is 1. The molecule has 1 heterocycles. The van der Waals surface area contributed by atoms with Gasteiger partial charge in [0.2, 0.25) is 11.1 Å². The van der Waals surface area contributed by atoms with E-state index in [1.54, 1.807) is 31.4 Å². The second kappa shape index (κ2) is 9.01. The molecule has 3 rings (SSSR count). The van der Waals surface area contributed by atoms with Crippen LogP contribution in [0, 0.1) is 10.1 Å². The lowest BCUT2D eigenvalue weighted by Gasteiger charge is -2.08. The van der Waals surface area contributed by atoms with Crippen molar-refractivity contribution in [2.45, 2.75) is 5.16 Å². The molecule has 1 N–H and O–H groups in total. The summed E-state index contributed by atoms with van der Waals surface area (Å²) in [6.45, 7) is 0. The van der Waals surface area contributed by atoms with Gasteiger partial charge >= 0.3 is 0 Å². The van der Waals surface area contributed by atoms with Crippen LogP contribution >= 0.6 is 11.8 Å². The quantitative estimate of drug-likeness (QED) is 0.333. The minimum atomic E-state index is -0.588. The van der Waals surface area contributed by atoms with Gasteiger partial charge in [0, 0.05) is 0 Å². The summed E-state index contributed by atoms with van der Waals surface area (Å²) in [6.07, 6.45) is 0. The summed E-state index contributed by atoms with van der Waals surface area (Å²) in [5.74, 6) is 0.534. The molecule has 11 nitrogen and oxygen atoms in total. The van der Waals surface area contributed by atoms with Crippen molar-refractivity contribution in [1.29, 1.82) is 0 Å². The number of rotatable bonds is 8. The topological polar surface area (TPSA) is 134 Å². The molecule has 150 valence electrons. The van der Waals surface area contributed by atoms with E-state index in [9.17, 15) is 14.9 Å². The van der Waals surface area contributed by atoms with Gasteiger partial charge in [-0.2, -0.15) is 4.68 Å². The molecule has 1 amide bonds. The molecule has 0 fully saturated rings. The lowest BCUT2D eigenvalue weighted by atomic mass is 10.2. The van der Waals surface area contributed by atoms with Crippen LogP contribution in [0.2, 0.25) is 0 Å². The van der Waals surface area contributed by atoms with Crippen LogP contribution in [0.4, 0.5) is 11.4 Å². The van der Waals surface area contributed by atoms with Gasteiger partial charge in [-0.3, -0.25) is 14.9 Å². The molecule has 0 radical (unpaired) electrons. The van der Waals surface area contributed by atoms with Crippen LogP contribution in [0.5, 0.6) is 11.5 Å². The fourth-order valence-electron chi connectivity index (χ4n) is 2.37. The third-order valence-corrected chi connectivity index (χ3v) is 4.69. The highest BCUT2D eigenvalue weighted by Crippen LogP contribution is 2.29. The lowest BCUT2D eigenvalue weighted by Crippen LogP contribution is -2.15. The first kappa shape index (κ1) is 20.1. The Hall–Kier alpha value is -3.67. The molecule has 0 bridgehead atoms. The standard InChI is InChI=1S/C17H16N6O5S/c1-27-12-5-3-11(4-6-12)22-17(19-20-21-22)29-10-16(24)18-14-8-7-13(28-2)9-15(14)23(25)26/h3-9H,10H2,1-2H3,(H,18,24). The first-order valence-corrected chi connectivity index (χ1v) is 9.18. The minimum Gasteiger partial charge on any atom is -0.497 e. The van der Waals surface area contributed by atoms with Crippen molar-refractivity contribution < 1.29 is 19.2 Å². The van der Waals surface area contributed by atoms with E-state index in [1.165, 1.54) is 30.0 Å².